The maximum absolute atomic E-state index is 13.1. The monoisotopic (exact) mass is 437 g/mol. The highest BCUT2D eigenvalue weighted by molar-refractivity contribution is 9.10. The average molecular weight is 438 g/mol. The van der Waals surface area contributed by atoms with Crippen LogP contribution in [0.4, 0.5) is 0 Å². The van der Waals surface area contributed by atoms with Gasteiger partial charge < -0.3 is 9.92 Å². The van der Waals surface area contributed by atoms with Crippen molar-refractivity contribution in [3.63, 3.8) is 0 Å². The first-order chi connectivity index (χ1) is 12.1. The maximum atomic E-state index is 13.1. The van der Waals surface area contributed by atoms with E-state index in [0.717, 1.165) is 10.7 Å². The Balaban J connectivity index is 2.16. The molecule has 9 heteroatoms. The fourth-order valence-corrected chi connectivity index (χ4v) is 3.68. The van der Waals surface area contributed by atoms with Gasteiger partial charge in [0.25, 0.3) is 5.91 Å². The molecule has 2 aromatic rings. The zero-order valence-electron chi connectivity index (χ0n) is 14.0. The first-order valence-corrected chi connectivity index (χ1v) is 10.1. The van der Waals surface area contributed by atoms with Crippen molar-refractivity contribution in [2.75, 3.05) is 13.3 Å². The van der Waals surface area contributed by atoms with Crippen LogP contribution in [-0.4, -0.2) is 38.5 Å². The van der Waals surface area contributed by atoms with E-state index in [1.54, 1.807) is 37.4 Å². The number of nitrogens with two attached hydrogens (primary N) is 1. The van der Waals surface area contributed by atoms with Crippen molar-refractivity contribution in [1.29, 1.82) is 0 Å². The second-order valence-corrected chi connectivity index (χ2v) is 8.36. The van der Waals surface area contributed by atoms with E-state index >= 15 is 0 Å². The molecule has 1 aliphatic heterocycles. The number of hydrogen-bond donors (Lipinski definition) is 1. The summed E-state index contributed by atoms with van der Waals surface area (Å²) in [5.74, 6) is -0.0484. The molecule has 1 aliphatic rings. The fraction of sp³-hybridized carbons (Fsp3) is 0.176. The third-order valence-electron chi connectivity index (χ3n) is 4.00. The van der Waals surface area contributed by atoms with Gasteiger partial charge in [-0.05, 0) is 35.4 Å². The summed E-state index contributed by atoms with van der Waals surface area (Å²) in [7, 11) is -2.08. The number of carbonyl (C=O) groups is 1. The van der Waals surface area contributed by atoms with Crippen LogP contribution in [-0.2, 0) is 20.5 Å². The first-order valence-electron chi connectivity index (χ1n) is 7.53. The molecule has 1 atom stereocenters. The Kier molecular flexibility index (Phi) is 4.53. The third kappa shape index (κ3) is 3.19. The molecule has 3 rings (SSSR count). The number of carbonyl (C=O) groups excluding carboxylic acids is 1. The molecule has 7 nitrogen and oxygen atoms in total. The fourth-order valence-electron chi connectivity index (χ4n) is 2.82. The number of amides is 1. The summed E-state index contributed by atoms with van der Waals surface area (Å²) >= 11 is 3.41. The molecule has 0 bridgehead atoms. The van der Waals surface area contributed by atoms with Gasteiger partial charge >= 0.3 is 10.1 Å². The van der Waals surface area contributed by atoms with Gasteiger partial charge in [0, 0.05) is 11.5 Å². The number of nitrogens with zero attached hydrogens (tertiary/aromatic N) is 2. The lowest BCUT2D eigenvalue weighted by molar-refractivity contribution is -0.129. The normalized spacial score (nSPS) is 20.2. The van der Waals surface area contributed by atoms with Crippen LogP contribution in [0.1, 0.15) is 11.1 Å². The van der Waals surface area contributed by atoms with Crippen LogP contribution in [0.25, 0.3) is 0 Å². The molecule has 136 valence electrons. The summed E-state index contributed by atoms with van der Waals surface area (Å²) in [5.41, 5.74) is 5.76. The zero-order chi connectivity index (χ0) is 19.1. The number of rotatable bonds is 4. The molecule has 0 saturated carbocycles. The molecule has 0 aliphatic carbocycles. The molecule has 0 aromatic heterocycles. The summed E-state index contributed by atoms with van der Waals surface area (Å²) in [6.45, 7) is 0. The van der Waals surface area contributed by atoms with E-state index in [2.05, 4.69) is 20.9 Å². The second kappa shape index (κ2) is 6.40. The number of hydrogen-bond acceptors (Lipinski definition) is 6. The molecule has 26 heavy (non-hydrogen) atoms. The lowest BCUT2D eigenvalue weighted by atomic mass is 9.83. The Morgan fingerprint density at radius 2 is 1.81 bits per heavy atom. The number of aliphatic imine (C=N–C) groups is 1. The molecular formula is C17H16BrN3O4S. The van der Waals surface area contributed by atoms with Crippen molar-refractivity contribution in [3.8, 4) is 5.75 Å². The van der Waals surface area contributed by atoms with E-state index in [1.165, 1.54) is 17.0 Å². The summed E-state index contributed by atoms with van der Waals surface area (Å²) in [6.07, 6.45) is 0.963. The van der Waals surface area contributed by atoms with E-state index in [0.29, 0.717) is 11.1 Å². The Morgan fingerprint density at radius 1 is 1.15 bits per heavy atom. The van der Waals surface area contributed by atoms with E-state index < -0.39 is 15.7 Å². The lowest BCUT2D eigenvalue weighted by Crippen LogP contribution is -2.41. The van der Waals surface area contributed by atoms with Gasteiger partial charge in [-0.1, -0.05) is 40.2 Å². The minimum atomic E-state index is -3.64. The number of likely N-dealkylation sites (N-methyl/N-ethyl adjacent to an activating group) is 1. The van der Waals surface area contributed by atoms with Crippen molar-refractivity contribution in [2.45, 2.75) is 5.54 Å². The van der Waals surface area contributed by atoms with Gasteiger partial charge in [0.05, 0.1) is 6.26 Å². The average Bonchev–Trinajstić information content (AvgIpc) is 2.79. The predicted octanol–water partition coefficient (Wildman–Crippen LogP) is 1.82. The number of halogens is 1. The van der Waals surface area contributed by atoms with Gasteiger partial charge in [-0.15, -0.1) is 0 Å². The van der Waals surface area contributed by atoms with E-state index in [4.69, 9.17) is 9.92 Å². The third-order valence-corrected chi connectivity index (χ3v) is 4.99. The summed E-state index contributed by atoms with van der Waals surface area (Å²) < 4.78 is 28.2. The summed E-state index contributed by atoms with van der Waals surface area (Å²) in [5, 5.41) is 0. The first kappa shape index (κ1) is 18.4. The van der Waals surface area contributed by atoms with Crippen LogP contribution in [0.15, 0.2) is 58.0 Å². The largest absolute Gasteiger partial charge is 0.383 e. The highest BCUT2D eigenvalue weighted by atomic mass is 79.9. The SMILES string of the molecule is CN1C(=O)C(c2ccc(OS(C)(=O)=O)cc2)(c2cccc(Br)c2)N=C1N. The van der Waals surface area contributed by atoms with E-state index in [1.807, 2.05) is 6.07 Å². The summed E-state index contributed by atoms with van der Waals surface area (Å²) in [4.78, 5) is 18.8. The summed E-state index contributed by atoms with van der Waals surface area (Å²) in [6, 6.07) is 13.4. The minimum absolute atomic E-state index is 0.103. The van der Waals surface area contributed by atoms with Gasteiger partial charge in [0.1, 0.15) is 5.75 Å². The van der Waals surface area contributed by atoms with Crippen LogP contribution in [0, 0.1) is 0 Å². The van der Waals surface area contributed by atoms with Crippen molar-refractivity contribution >= 4 is 37.9 Å². The molecule has 0 spiro atoms. The Bertz CT molecular complexity index is 1000. The Morgan fingerprint density at radius 3 is 2.31 bits per heavy atom. The molecule has 2 aromatic carbocycles. The maximum Gasteiger partial charge on any atom is 0.306 e. The zero-order valence-corrected chi connectivity index (χ0v) is 16.4. The molecule has 0 radical (unpaired) electrons. The van der Waals surface area contributed by atoms with Gasteiger partial charge in [-0.2, -0.15) is 8.42 Å². The molecule has 0 fully saturated rings. The van der Waals surface area contributed by atoms with Crippen LogP contribution >= 0.6 is 15.9 Å². The van der Waals surface area contributed by atoms with Crippen molar-refractivity contribution in [3.05, 3.63) is 64.1 Å². The van der Waals surface area contributed by atoms with Gasteiger partial charge in [0.15, 0.2) is 11.5 Å². The Labute approximate surface area is 159 Å². The number of guanidine groups is 1. The van der Waals surface area contributed by atoms with Crippen LogP contribution < -0.4 is 9.92 Å². The van der Waals surface area contributed by atoms with Crippen molar-refractivity contribution in [1.82, 2.24) is 4.90 Å². The lowest BCUT2D eigenvalue weighted by Gasteiger charge is -2.26. The molecule has 1 heterocycles. The minimum Gasteiger partial charge on any atom is -0.383 e. The Hall–Kier alpha value is -2.39. The van der Waals surface area contributed by atoms with Crippen LogP contribution in [0.3, 0.4) is 0 Å². The smallest absolute Gasteiger partial charge is 0.306 e. The van der Waals surface area contributed by atoms with Gasteiger partial charge in [0.2, 0.25) is 0 Å². The van der Waals surface area contributed by atoms with Crippen molar-refractivity contribution in [2.24, 2.45) is 10.7 Å². The molecule has 2 N–H and O–H groups in total. The predicted molar refractivity (Wildman–Crippen MR) is 101 cm³/mol. The topological polar surface area (TPSA) is 102 Å². The molecule has 1 unspecified atom stereocenters. The highest BCUT2D eigenvalue weighted by Crippen LogP contribution is 2.40. The van der Waals surface area contributed by atoms with Gasteiger partial charge in [-0.25, -0.2) is 4.99 Å². The van der Waals surface area contributed by atoms with E-state index in [9.17, 15) is 13.2 Å². The van der Waals surface area contributed by atoms with Gasteiger partial charge in [-0.3, -0.25) is 9.69 Å². The van der Waals surface area contributed by atoms with E-state index in [-0.39, 0.29) is 17.6 Å². The van der Waals surface area contributed by atoms with Crippen LogP contribution in [0.5, 0.6) is 5.75 Å². The standard InChI is InChI=1S/C17H16BrN3O4S/c1-21-15(22)17(20-16(21)19,12-4-3-5-13(18)10-12)11-6-8-14(9-7-11)25-26(2,23)24/h3-10H,1-2H3,(H2,19,20). The second-order valence-electron chi connectivity index (χ2n) is 5.87. The quantitative estimate of drug-likeness (QED) is 0.734. The molecule has 1 amide bonds. The number of benzene rings is 2. The highest BCUT2D eigenvalue weighted by Gasteiger charge is 2.49. The molecular weight excluding hydrogens is 422 g/mol. The van der Waals surface area contributed by atoms with Crippen LogP contribution in [0.2, 0.25) is 0 Å². The van der Waals surface area contributed by atoms with Crippen molar-refractivity contribution < 1.29 is 17.4 Å². The molecule has 0 saturated heterocycles.